The molecule has 0 fully saturated rings. The van der Waals surface area contributed by atoms with Gasteiger partial charge in [0, 0.05) is 5.54 Å². The second kappa shape index (κ2) is 3.69. The van der Waals surface area contributed by atoms with E-state index in [9.17, 15) is 9.59 Å². The van der Waals surface area contributed by atoms with Gasteiger partial charge in [-0.1, -0.05) is 19.9 Å². The highest BCUT2D eigenvalue weighted by atomic mass is 16.2. The summed E-state index contributed by atoms with van der Waals surface area (Å²) in [6.07, 6.45) is 1.78. The topological polar surface area (TPSA) is 37.4 Å². The van der Waals surface area contributed by atoms with Gasteiger partial charge in [0.15, 0.2) is 0 Å². The molecule has 1 atom stereocenters. The number of carbonyl (C=O) groups excluding carboxylic acids is 2. The summed E-state index contributed by atoms with van der Waals surface area (Å²) in [5, 5.41) is 0. The van der Waals surface area contributed by atoms with Crippen LogP contribution < -0.4 is 4.90 Å². The molecule has 3 nitrogen and oxygen atoms in total. The highest BCUT2D eigenvalue weighted by Crippen LogP contribution is 2.48. The number of benzene rings is 1. The van der Waals surface area contributed by atoms with Crippen LogP contribution in [-0.2, 0) is 11.2 Å². The molecule has 0 radical (unpaired) electrons. The third-order valence-corrected chi connectivity index (χ3v) is 4.41. The normalized spacial score (nSPS) is 23.8. The number of amides is 1. The lowest BCUT2D eigenvalue weighted by Crippen LogP contribution is -2.50. The number of carbonyl (C=O) groups is 2. The van der Waals surface area contributed by atoms with E-state index >= 15 is 0 Å². The van der Waals surface area contributed by atoms with E-state index in [1.807, 2.05) is 19.9 Å². The van der Waals surface area contributed by atoms with Crippen LogP contribution in [0.15, 0.2) is 12.1 Å². The Balaban J connectivity index is 2.33. The molecule has 19 heavy (non-hydrogen) atoms. The van der Waals surface area contributed by atoms with E-state index in [0.717, 1.165) is 29.7 Å². The van der Waals surface area contributed by atoms with E-state index in [1.54, 1.807) is 4.90 Å². The van der Waals surface area contributed by atoms with Crippen LogP contribution in [-0.4, -0.2) is 17.2 Å². The van der Waals surface area contributed by atoms with Gasteiger partial charge in [0.05, 0.1) is 11.3 Å². The van der Waals surface area contributed by atoms with Gasteiger partial charge in [-0.3, -0.25) is 14.5 Å². The first kappa shape index (κ1) is 12.4. The molecule has 0 aromatic heterocycles. The molecular formula is C16H19NO2. The molecule has 1 aromatic rings. The van der Waals surface area contributed by atoms with Gasteiger partial charge in [0.2, 0.25) is 0 Å². The average Bonchev–Trinajstić information content (AvgIpc) is 2.60. The maximum Gasteiger partial charge on any atom is 0.299 e. The van der Waals surface area contributed by atoms with Crippen molar-refractivity contribution in [2.45, 2.75) is 52.0 Å². The van der Waals surface area contributed by atoms with Gasteiger partial charge in [-0.2, -0.15) is 0 Å². The van der Waals surface area contributed by atoms with Crippen LogP contribution in [0.1, 0.15) is 61.5 Å². The molecule has 0 N–H and O–H groups in total. The van der Waals surface area contributed by atoms with E-state index < -0.39 is 0 Å². The summed E-state index contributed by atoms with van der Waals surface area (Å²) in [5.74, 6) is -0.319. The van der Waals surface area contributed by atoms with Crippen molar-refractivity contribution >= 4 is 17.4 Å². The van der Waals surface area contributed by atoms with Crippen molar-refractivity contribution in [2.24, 2.45) is 0 Å². The van der Waals surface area contributed by atoms with E-state index in [4.69, 9.17) is 0 Å². The smallest absolute Gasteiger partial charge is 0.299 e. The molecular weight excluding hydrogens is 238 g/mol. The number of nitrogens with zero attached hydrogens (tertiary/aromatic N) is 1. The lowest BCUT2D eigenvalue weighted by Gasteiger charge is -2.43. The maximum atomic E-state index is 12.3. The van der Waals surface area contributed by atoms with Gasteiger partial charge < -0.3 is 0 Å². The highest BCUT2D eigenvalue weighted by molar-refractivity contribution is 6.52. The lowest BCUT2D eigenvalue weighted by atomic mass is 9.79. The van der Waals surface area contributed by atoms with E-state index in [1.165, 1.54) is 0 Å². The van der Waals surface area contributed by atoms with Gasteiger partial charge in [-0.25, -0.2) is 0 Å². The zero-order valence-corrected chi connectivity index (χ0v) is 11.9. The summed E-state index contributed by atoms with van der Waals surface area (Å²) in [6, 6.07) is 4.06. The number of aryl methyl sites for hydroxylation is 1. The molecule has 0 unspecified atom stereocenters. The summed E-state index contributed by atoms with van der Waals surface area (Å²) < 4.78 is 0. The maximum absolute atomic E-state index is 12.3. The summed E-state index contributed by atoms with van der Waals surface area (Å²) >= 11 is 0. The van der Waals surface area contributed by atoms with Crippen molar-refractivity contribution in [3.05, 3.63) is 28.8 Å². The number of hydrogen-bond acceptors (Lipinski definition) is 2. The molecule has 0 spiro atoms. The predicted molar refractivity (Wildman–Crippen MR) is 74.7 cm³/mol. The van der Waals surface area contributed by atoms with Crippen molar-refractivity contribution in [2.75, 3.05) is 4.90 Å². The molecule has 100 valence electrons. The highest BCUT2D eigenvalue weighted by Gasteiger charge is 2.48. The number of rotatable bonds is 1. The van der Waals surface area contributed by atoms with Crippen LogP contribution in [0, 0.1) is 0 Å². The molecule has 0 aliphatic carbocycles. The Hall–Kier alpha value is -1.64. The van der Waals surface area contributed by atoms with Gasteiger partial charge in [-0.15, -0.1) is 0 Å². The average molecular weight is 257 g/mol. The molecule has 2 heterocycles. The van der Waals surface area contributed by atoms with E-state index in [0.29, 0.717) is 11.5 Å². The Labute approximate surface area is 113 Å². The number of anilines is 1. The zero-order chi connectivity index (χ0) is 13.9. The van der Waals surface area contributed by atoms with Crippen molar-refractivity contribution in [1.29, 1.82) is 0 Å². The van der Waals surface area contributed by atoms with E-state index in [2.05, 4.69) is 19.9 Å². The SMILES string of the molecule is CCc1cc2c3c(c1)[C@@H](C)CC(C)(C)N3C(=O)C2=O. The molecule has 1 aromatic carbocycles. The molecule has 3 heteroatoms. The summed E-state index contributed by atoms with van der Waals surface area (Å²) in [4.78, 5) is 26.2. The van der Waals surface area contributed by atoms with Crippen LogP contribution in [0.25, 0.3) is 0 Å². The second-order valence-corrected chi connectivity index (χ2v) is 6.32. The first-order valence-electron chi connectivity index (χ1n) is 6.92. The molecule has 3 rings (SSSR count). The molecule has 0 bridgehead atoms. The third kappa shape index (κ3) is 1.50. The first-order chi connectivity index (χ1) is 8.86. The van der Waals surface area contributed by atoms with Crippen molar-refractivity contribution < 1.29 is 9.59 Å². The standard InChI is InChI=1S/C16H19NO2/c1-5-10-6-11-9(2)8-16(3,4)17-13(11)12(7-10)14(18)15(17)19/h6-7,9H,5,8H2,1-4H3/t9-/m0/s1. The Morgan fingerprint density at radius 3 is 2.63 bits per heavy atom. The quantitative estimate of drug-likeness (QED) is 0.725. The molecule has 2 aliphatic heterocycles. The van der Waals surface area contributed by atoms with Gasteiger partial charge in [0.1, 0.15) is 0 Å². The first-order valence-corrected chi connectivity index (χ1v) is 6.92. The van der Waals surface area contributed by atoms with Crippen LogP contribution in [0.4, 0.5) is 5.69 Å². The molecule has 0 saturated heterocycles. The Bertz CT molecular complexity index is 601. The Kier molecular flexibility index (Phi) is 2.40. The zero-order valence-electron chi connectivity index (χ0n) is 11.9. The molecule has 0 saturated carbocycles. The minimum atomic E-state index is -0.360. The van der Waals surface area contributed by atoms with Crippen molar-refractivity contribution in [3.8, 4) is 0 Å². The monoisotopic (exact) mass is 257 g/mol. The van der Waals surface area contributed by atoms with Crippen molar-refractivity contribution in [1.82, 2.24) is 0 Å². The third-order valence-electron chi connectivity index (χ3n) is 4.41. The van der Waals surface area contributed by atoms with Crippen molar-refractivity contribution in [3.63, 3.8) is 0 Å². The van der Waals surface area contributed by atoms with Gasteiger partial charge in [-0.05, 0) is 49.8 Å². The largest absolute Gasteiger partial charge is 0.299 e. The fraction of sp³-hybridized carbons (Fsp3) is 0.500. The molecule has 2 aliphatic rings. The predicted octanol–water partition coefficient (Wildman–Crippen LogP) is 3.06. The van der Waals surface area contributed by atoms with Crippen LogP contribution in [0.2, 0.25) is 0 Å². The molecule has 1 amide bonds. The second-order valence-electron chi connectivity index (χ2n) is 6.32. The van der Waals surface area contributed by atoms with Crippen LogP contribution >= 0.6 is 0 Å². The van der Waals surface area contributed by atoms with Gasteiger partial charge in [0.25, 0.3) is 11.7 Å². The van der Waals surface area contributed by atoms with E-state index in [-0.39, 0.29) is 17.2 Å². The fourth-order valence-corrected chi connectivity index (χ4v) is 3.57. The van der Waals surface area contributed by atoms with Crippen LogP contribution in [0.5, 0.6) is 0 Å². The number of Topliss-reactive ketones (excluding diaryl/α,β-unsaturated/α-hetero) is 1. The lowest BCUT2D eigenvalue weighted by molar-refractivity contribution is -0.115. The summed E-state index contributed by atoms with van der Waals surface area (Å²) in [7, 11) is 0. The summed E-state index contributed by atoms with van der Waals surface area (Å²) in [6.45, 7) is 8.34. The number of hydrogen-bond donors (Lipinski definition) is 0. The number of ketones is 1. The van der Waals surface area contributed by atoms with Gasteiger partial charge >= 0.3 is 0 Å². The fourth-order valence-electron chi connectivity index (χ4n) is 3.57. The minimum Gasteiger partial charge on any atom is -0.299 e. The summed E-state index contributed by atoms with van der Waals surface area (Å²) in [5.41, 5.74) is 3.50. The Morgan fingerprint density at radius 2 is 2.00 bits per heavy atom. The van der Waals surface area contributed by atoms with Crippen LogP contribution in [0.3, 0.4) is 0 Å². The minimum absolute atomic E-state index is 0.280. The Morgan fingerprint density at radius 1 is 1.32 bits per heavy atom.